The fourth-order valence-corrected chi connectivity index (χ4v) is 3.75. The summed E-state index contributed by atoms with van der Waals surface area (Å²) in [5, 5.41) is 3.20. The summed E-state index contributed by atoms with van der Waals surface area (Å²) in [6.45, 7) is 6.41. The number of likely N-dealkylation sites (tertiary alicyclic amines) is 1. The molecule has 5 heteroatoms. The van der Waals surface area contributed by atoms with Crippen LogP contribution in [0.1, 0.15) is 37.7 Å². The molecule has 1 aromatic carbocycles. The maximum atomic E-state index is 12.1. The van der Waals surface area contributed by atoms with Crippen molar-refractivity contribution in [3.05, 3.63) is 35.9 Å². The third kappa shape index (κ3) is 6.71. The highest BCUT2D eigenvalue weighted by atomic mass is 16.5. The zero-order valence-corrected chi connectivity index (χ0v) is 15.7. The summed E-state index contributed by atoms with van der Waals surface area (Å²) < 4.78 is 11.1. The molecule has 2 fully saturated rings. The molecule has 0 aliphatic carbocycles. The lowest BCUT2D eigenvalue weighted by Crippen LogP contribution is -2.45. The van der Waals surface area contributed by atoms with E-state index in [1.165, 1.54) is 12.0 Å². The summed E-state index contributed by atoms with van der Waals surface area (Å²) >= 11 is 0. The van der Waals surface area contributed by atoms with Crippen LogP contribution in [-0.2, 0) is 20.9 Å². The Bertz CT molecular complexity index is 523. The molecule has 1 unspecified atom stereocenters. The number of amides is 1. The largest absolute Gasteiger partial charge is 0.381 e. The average molecular weight is 360 g/mol. The Balaban J connectivity index is 1.21. The maximum absolute atomic E-state index is 12.1. The summed E-state index contributed by atoms with van der Waals surface area (Å²) in [7, 11) is 0. The molecule has 2 aliphatic rings. The van der Waals surface area contributed by atoms with Gasteiger partial charge < -0.3 is 19.7 Å². The number of hydrogen-bond donors (Lipinski definition) is 1. The molecular formula is C21H32N2O3. The summed E-state index contributed by atoms with van der Waals surface area (Å²) in [5.41, 5.74) is 1.17. The molecule has 0 saturated carbocycles. The third-order valence-electron chi connectivity index (χ3n) is 5.30. The van der Waals surface area contributed by atoms with Gasteiger partial charge in [-0.1, -0.05) is 30.3 Å². The van der Waals surface area contributed by atoms with Gasteiger partial charge in [-0.2, -0.15) is 0 Å². The van der Waals surface area contributed by atoms with Crippen molar-refractivity contribution in [1.29, 1.82) is 0 Å². The first kappa shape index (κ1) is 19.3. The van der Waals surface area contributed by atoms with E-state index < -0.39 is 0 Å². The molecular weight excluding hydrogens is 328 g/mol. The van der Waals surface area contributed by atoms with Gasteiger partial charge in [-0.3, -0.25) is 4.79 Å². The third-order valence-corrected chi connectivity index (χ3v) is 5.30. The topological polar surface area (TPSA) is 50.8 Å². The monoisotopic (exact) mass is 360 g/mol. The van der Waals surface area contributed by atoms with E-state index in [0.29, 0.717) is 31.6 Å². The Kier molecular flexibility index (Phi) is 7.92. The van der Waals surface area contributed by atoms with E-state index in [1.54, 1.807) is 0 Å². The fourth-order valence-electron chi connectivity index (χ4n) is 3.75. The Morgan fingerprint density at radius 2 is 2.00 bits per heavy atom. The normalized spacial score (nSPS) is 21.8. The van der Waals surface area contributed by atoms with Crippen LogP contribution >= 0.6 is 0 Å². The maximum Gasteiger partial charge on any atom is 0.220 e. The highest BCUT2D eigenvalue weighted by Gasteiger charge is 2.24. The number of rotatable bonds is 9. The molecule has 2 aliphatic heterocycles. The van der Waals surface area contributed by atoms with Gasteiger partial charge in [0.25, 0.3) is 0 Å². The first-order valence-electron chi connectivity index (χ1n) is 10.0. The van der Waals surface area contributed by atoms with E-state index in [1.807, 2.05) is 18.2 Å². The fraction of sp³-hybridized carbons (Fsp3) is 0.667. The minimum atomic E-state index is 0.163. The van der Waals surface area contributed by atoms with E-state index >= 15 is 0 Å². The molecule has 0 spiro atoms. The zero-order chi connectivity index (χ0) is 18.0. The Morgan fingerprint density at radius 3 is 2.73 bits per heavy atom. The quantitative estimate of drug-likeness (QED) is 0.688. The van der Waals surface area contributed by atoms with Crippen LogP contribution in [0.15, 0.2) is 30.3 Å². The molecule has 2 heterocycles. The van der Waals surface area contributed by atoms with Crippen molar-refractivity contribution in [2.24, 2.45) is 5.92 Å². The van der Waals surface area contributed by atoms with E-state index in [4.69, 9.17) is 9.47 Å². The number of ether oxygens (including phenoxy) is 2. The lowest BCUT2D eigenvalue weighted by molar-refractivity contribution is -0.122. The van der Waals surface area contributed by atoms with Gasteiger partial charge in [0.05, 0.1) is 13.2 Å². The van der Waals surface area contributed by atoms with Gasteiger partial charge in [0.15, 0.2) is 0 Å². The molecule has 26 heavy (non-hydrogen) atoms. The summed E-state index contributed by atoms with van der Waals surface area (Å²) in [6, 6.07) is 10.5. The van der Waals surface area contributed by atoms with Crippen LogP contribution in [0.25, 0.3) is 0 Å². The number of carbonyl (C=O) groups excluding carboxylic acids is 1. The molecule has 0 bridgehead atoms. The molecule has 0 radical (unpaired) electrons. The predicted octanol–water partition coefficient (Wildman–Crippen LogP) is 2.60. The van der Waals surface area contributed by atoms with Crippen LogP contribution in [0.2, 0.25) is 0 Å². The van der Waals surface area contributed by atoms with E-state index in [2.05, 4.69) is 22.3 Å². The van der Waals surface area contributed by atoms with Crippen LogP contribution < -0.4 is 5.32 Å². The Hall–Kier alpha value is -1.43. The van der Waals surface area contributed by atoms with Crippen LogP contribution in [0.4, 0.5) is 0 Å². The van der Waals surface area contributed by atoms with E-state index in [-0.39, 0.29) is 5.91 Å². The molecule has 1 amide bonds. The van der Waals surface area contributed by atoms with Gasteiger partial charge in [0.2, 0.25) is 5.91 Å². The van der Waals surface area contributed by atoms with Gasteiger partial charge in [0, 0.05) is 45.3 Å². The van der Waals surface area contributed by atoms with Crippen LogP contribution in [0.5, 0.6) is 0 Å². The van der Waals surface area contributed by atoms with Gasteiger partial charge in [-0.15, -0.1) is 0 Å². The van der Waals surface area contributed by atoms with Crippen molar-refractivity contribution in [3.63, 3.8) is 0 Å². The second kappa shape index (κ2) is 10.7. The minimum Gasteiger partial charge on any atom is -0.381 e. The number of piperidine rings is 1. The van der Waals surface area contributed by atoms with Crippen molar-refractivity contribution in [2.75, 3.05) is 39.5 Å². The van der Waals surface area contributed by atoms with Gasteiger partial charge in [-0.05, 0) is 37.2 Å². The smallest absolute Gasteiger partial charge is 0.220 e. The zero-order valence-electron chi connectivity index (χ0n) is 15.7. The summed E-state index contributed by atoms with van der Waals surface area (Å²) in [5.74, 6) is 0.869. The molecule has 5 nitrogen and oxygen atoms in total. The second-order valence-corrected chi connectivity index (χ2v) is 7.51. The first-order valence-corrected chi connectivity index (χ1v) is 10.0. The number of nitrogens with one attached hydrogen (secondary N) is 1. The molecule has 0 aromatic heterocycles. The van der Waals surface area contributed by atoms with Gasteiger partial charge >= 0.3 is 0 Å². The molecule has 3 rings (SSSR count). The van der Waals surface area contributed by atoms with E-state index in [9.17, 15) is 4.79 Å². The van der Waals surface area contributed by atoms with Crippen molar-refractivity contribution in [1.82, 2.24) is 10.2 Å². The first-order chi connectivity index (χ1) is 12.8. The summed E-state index contributed by atoms with van der Waals surface area (Å²) in [6.07, 6.45) is 4.64. The van der Waals surface area contributed by atoms with Crippen LogP contribution in [-0.4, -0.2) is 56.3 Å². The van der Waals surface area contributed by atoms with Gasteiger partial charge in [0.1, 0.15) is 0 Å². The van der Waals surface area contributed by atoms with E-state index in [0.717, 1.165) is 52.1 Å². The minimum absolute atomic E-state index is 0.163. The molecule has 1 aromatic rings. The van der Waals surface area contributed by atoms with Crippen LogP contribution in [0.3, 0.4) is 0 Å². The average Bonchev–Trinajstić information content (AvgIpc) is 3.17. The number of nitrogens with zero attached hydrogens (tertiary/aromatic N) is 1. The molecule has 1 atom stereocenters. The van der Waals surface area contributed by atoms with Crippen LogP contribution in [0, 0.1) is 5.92 Å². The number of benzene rings is 1. The highest BCUT2D eigenvalue weighted by Crippen LogP contribution is 2.17. The van der Waals surface area contributed by atoms with Gasteiger partial charge in [-0.25, -0.2) is 0 Å². The summed E-state index contributed by atoms with van der Waals surface area (Å²) in [4.78, 5) is 14.6. The standard InChI is InChI=1S/C21H32N2O3/c24-21(7-4-13-25-16-18-5-2-1-3-6-18)22-20-8-11-23(12-9-20)15-19-10-14-26-17-19/h1-3,5-6,19-20H,4,7-17H2,(H,22,24). The highest BCUT2D eigenvalue weighted by molar-refractivity contribution is 5.76. The SMILES string of the molecule is O=C(CCCOCc1ccccc1)NC1CCN(CC2CCOC2)CC1. The number of hydrogen-bond acceptors (Lipinski definition) is 4. The van der Waals surface area contributed by atoms with Crippen molar-refractivity contribution >= 4 is 5.91 Å². The predicted molar refractivity (Wildman–Crippen MR) is 102 cm³/mol. The lowest BCUT2D eigenvalue weighted by Gasteiger charge is -2.33. The number of carbonyl (C=O) groups is 1. The van der Waals surface area contributed by atoms with Crippen molar-refractivity contribution in [2.45, 2.75) is 44.8 Å². The molecule has 1 N–H and O–H groups in total. The lowest BCUT2D eigenvalue weighted by atomic mass is 10.0. The Morgan fingerprint density at radius 1 is 1.19 bits per heavy atom. The molecule has 2 saturated heterocycles. The van der Waals surface area contributed by atoms with Crippen molar-refractivity contribution < 1.29 is 14.3 Å². The van der Waals surface area contributed by atoms with Crippen molar-refractivity contribution in [3.8, 4) is 0 Å². The Labute approximate surface area is 157 Å². The molecule has 144 valence electrons. The second-order valence-electron chi connectivity index (χ2n) is 7.51.